The number of aromatic nitrogens is 2. The molecule has 1 aromatic carbocycles. The zero-order valence-electron chi connectivity index (χ0n) is 12.5. The molecule has 1 aromatic heterocycles. The summed E-state index contributed by atoms with van der Waals surface area (Å²) < 4.78 is 1.07. The van der Waals surface area contributed by atoms with Crippen LogP contribution in [-0.2, 0) is 0 Å². The Kier molecular flexibility index (Phi) is 3.63. The number of hydrogen-bond donors (Lipinski definition) is 2. The minimum atomic E-state index is -0.415. The lowest BCUT2D eigenvalue weighted by Crippen LogP contribution is -2.45. The maximum atomic E-state index is 10.1. The summed E-state index contributed by atoms with van der Waals surface area (Å²) in [7, 11) is -0.415. The van der Waals surface area contributed by atoms with E-state index >= 15 is 0 Å². The number of nitrogens with zero attached hydrogens (tertiary/aromatic N) is 2. The summed E-state index contributed by atoms with van der Waals surface area (Å²) in [6.07, 6.45) is 5.54. The number of rotatable bonds is 3. The monoisotopic (exact) mass is 359 g/mol. The molecular formula is C16H19BBrN3O. The molecule has 6 heteroatoms. The van der Waals surface area contributed by atoms with Gasteiger partial charge in [-0.25, -0.2) is 4.98 Å². The minimum Gasteiger partial charge on any atom is -0.437 e. The summed E-state index contributed by atoms with van der Waals surface area (Å²) in [5, 5.41) is 10.1. The molecule has 2 heterocycles. The second-order valence-corrected chi connectivity index (χ2v) is 7.36. The average molecular weight is 360 g/mol. The highest BCUT2D eigenvalue weighted by Crippen LogP contribution is 2.49. The highest BCUT2D eigenvalue weighted by atomic mass is 79.9. The largest absolute Gasteiger partial charge is 0.437 e. The quantitative estimate of drug-likeness (QED) is 0.825. The highest BCUT2D eigenvalue weighted by molar-refractivity contribution is 9.10. The molecule has 1 aliphatic carbocycles. The van der Waals surface area contributed by atoms with Crippen LogP contribution >= 0.6 is 15.9 Å². The first-order chi connectivity index (χ1) is 10.6. The Balaban J connectivity index is 1.65. The van der Waals surface area contributed by atoms with Crippen molar-refractivity contribution in [1.29, 1.82) is 0 Å². The fourth-order valence-electron chi connectivity index (χ4n) is 4.18. The molecular weight excluding hydrogens is 341 g/mol. The Morgan fingerprint density at radius 1 is 1.32 bits per heavy atom. The van der Waals surface area contributed by atoms with Gasteiger partial charge < -0.3 is 14.8 Å². The molecule has 3 atom stereocenters. The summed E-state index contributed by atoms with van der Waals surface area (Å²) in [5.41, 5.74) is 2.17. The third-order valence-electron chi connectivity index (χ3n) is 5.10. The van der Waals surface area contributed by atoms with Gasteiger partial charge in [0, 0.05) is 10.5 Å². The van der Waals surface area contributed by atoms with Crippen molar-refractivity contribution in [2.45, 2.75) is 38.2 Å². The van der Waals surface area contributed by atoms with E-state index in [1.54, 1.807) is 0 Å². The minimum absolute atomic E-state index is 0.225. The Morgan fingerprint density at radius 3 is 2.82 bits per heavy atom. The lowest BCUT2D eigenvalue weighted by molar-refractivity contribution is 0.211. The number of aromatic amines is 1. The van der Waals surface area contributed by atoms with Crippen molar-refractivity contribution in [2.75, 3.05) is 0 Å². The van der Waals surface area contributed by atoms with Gasteiger partial charge in [-0.05, 0) is 49.7 Å². The lowest BCUT2D eigenvalue weighted by atomic mass is 9.79. The van der Waals surface area contributed by atoms with Gasteiger partial charge in [0.2, 0.25) is 0 Å². The first-order valence-corrected chi connectivity index (χ1v) is 8.69. The number of fused-ring (bicyclic) bond motifs is 2. The molecule has 4 nitrogen and oxygen atoms in total. The number of imidazole rings is 1. The van der Waals surface area contributed by atoms with Crippen LogP contribution in [0.3, 0.4) is 0 Å². The lowest BCUT2D eigenvalue weighted by Gasteiger charge is -2.34. The van der Waals surface area contributed by atoms with Crippen LogP contribution in [0.1, 0.15) is 31.1 Å². The number of H-pyrrole nitrogens is 1. The van der Waals surface area contributed by atoms with Gasteiger partial charge in [-0.1, -0.05) is 28.1 Å². The molecule has 0 radical (unpaired) electrons. The van der Waals surface area contributed by atoms with Crippen molar-refractivity contribution in [3.63, 3.8) is 0 Å². The Labute approximate surface area is 139 Å². The molecule has 2 bridgehead atoms. The molecule has 2 N–H and O–H groups in total. The molecule has 2 aliphatic rings. The third-order valence-corrected chi connectivity index (χ3v) is 5.63. The predicted octanol–water partition coefficient (Wildman–Crippen LogP) is 3.47. The van der Waals surface area contributed by atoms with Gasteiger partial charge in [0.15, 0.2) is 0 Å². The first-order valence-electron chi connectivity index (χ1n) is 7.90. The van der Waals surface area contributed by atoms with E-state index in [4.69, 9.17) is 0 Å². The highest BCUT2D eigenvalue weighted by Gasteiger charge is 2.49. The van der Waals surface area contributed by atoms with Crippen molar-refractivity contribution in [3.8, 4) is 11.3 Å². The average Bonchev–Trinajstić information content (AvgIpc) is 3.22. The fourth-order valence-corrected chi connectivity index (χ4v) is 4.45. The van der Waals surface area contributed by atoms with Gasteiger partial charge in [-0.15, -0.1) is 0 Å². The molecule has 1 saturated heterocycles. The Morgan fingerprint density at radius 2 is 2.09 bits per heavy atom. The smallest absolute Gasteiger partial charge is 0.377 e. The number of hydrogen-bond acceptors (Lipinski definition) is 3. The van der Waals surface area contributed by atoms with E-state index in [0.717, 1.165) is 21.6 Å². The fraction of sp³-hybridized carbons (Fsp3) is 0.438. The van der Waals surface area contributed by atoms with Gasteiger partial charge >= 0.3 is 7.05 Å². The van der Waals surface area contributed by atoms with Crippen LogP contribution in [-0.4, -0.2) is 32.9 Å². The third kappa shape index (κ3) is 2.34. The van der Waals surface area contributed by atoms with Crippen LogP contribution in [0.5, 0.6) is 0 Å². The van der Waals surface area contributed by atoms with E-state index in [-0.39, 0.29) is 6.04 Å². The molecule has 4 rings (SSSR count). The Bertz CT molecular complexity index is 672. The van der Waals surface area contributed by atoms with Crippen LogP contribution in [0.4, 0.5) is 0 Å². The molecule has 1 saturated carbocycles. The molecule has 2 aromatic rings. The van der Waals surface area contributed by atoms with Gasteiger partial charge in [0.1, 0.15) is 5.82 Å². The van der Waals surface area contributed by atoms with Gasteiger partial charge in [-0.3, -0.25) is 0 Å². The predicted molar refractivity (Wildman–Crippen MR) is 91.3 cm³/mol. The molecule has 2 fully saturated rings. The van der Waals surface area contributed by atoms with Crippen LogP contribution in [0.15, 0.2) is 34.9 Å². The number of nitrogens with one attached hydrogen (secondary N) is 1. The van der Waals surface area contributed by atoms with Crippen molar-refractivity contribution in [1.82, 2.24) is 14.8 Å². The SMILES string of the molecule is CB(O)N1[C@@H]2CC[C@@H](C2)[C@H]1c1ncc(-c2ccc(Br)cc2)[nH]1. The standard InChI is InChI=1S/C16H19BBrN3O/c1-17(22)21-13-7-4-11(8-13)15(21)16-19-9-14(20-16)10-2-5-12(18)6-3-10/h2-3,5-6,9,11,13,15,22H,4,7-8H2,1H3,(H,19,20)/t11-,13+,15-/m0/s1. The van der Waals surface area contributed by atoms with Gasteiger partial charge in [-0.2, -0.15) is 0 Å². The van der Waals surface area contributed by atoms with E-state index in [0.29, 0.717) is 12.0 Å². The van der Waals surface area contributed by atoms with Crippen LogP contribution in [0.25, 0.3) is 11.3 Å². The number of benzene rings is 1. The summed E-state index contributed by atoms with van der Waals surface area (Å²) in [6.45, 7) is 1.87. The second-order valence-electron chi connectivity index (χ2n) is 6.44. The maximum Gasteiger partial charge on any atom is 0.377 e. The van der Waals surface area contributed by atoms with E-state index in [1.165, 1.54) is 19.3 Å². The summed E-state index contributed by atoms with van der Waals surface area (Å²) in [4.78, 5) is 10.3. The molecule has 0 amide bonds. The van der Waals surface area contributed by atoms with Gasteiger partial charge in [0.25, 0.3) is 0 Å². The topological polar surface area (TPSA) is 52.1 Å². The molecule has 1 aliphatic heterocycles. The van der Waals surface area contributed by atoms with Crippen LogP contribution < -0.4 is 0 Å². The van der Waals surface area contributed by atoms with Crippen molar-refractivity contribution in [3.05, 3.63) is 40.8 Å². The van der Waals surface area contributed by atoms with Crippen LogP contribution in [0, 0.1) is 5.92 Å². The Hall–Kier alpha value is -1.11. The first kappa shape index (κ1) is 14.5. The molecule has 0 unspecified atom stereocenters. The van der Waals surface area contributed by atoms with Crippen molar-refractivity contribution >= 4 is 23.0 Å². The van der Waals surface area contributed by atoms with Crippen molar-refractivity contribution in [2.24, 2.45) is 5.92 Å². The van der Waals surface area contributed by atoms with E-state index in [1.807, 2.05) is 25.2 Å². The molecule has 114 valence electrons. The molecule has 0 spiro atoms. The summed E-state index contributed by atoms with van der Waals surface area (Å²) >= 11 is 3.46. The van der Waals surface area contributed by atoms with E-state index in [2.05, 4.69) is 42.8 Å². The maximum absolute atomic E-state index is 10.1. The number of halogens is 1. The van der Waals surface area contributed by atoms with Crippen LogP contribution in [0.2, 0.25) is 6.82 Å². The summed E-state index contributed by atoms with van der Waals surface area (Å²) in [5.74, 6) is 1.61. The van der Waals surface area contributed by atoms with Crippen molar-refractivity contribution < 1.29 is 5.02 Å². The second kappa shape index (κ2) is 5.51. The van der Waals surface area contributed by atoms with Gasteiger partial charge in [0.05, 0.1) is 17.9 Å². The zero-order valence-corrected chi connectivity index (χ0v) is 14.1. The number of piperidine rings is 1. The zero-order chi connectivity index (χ0) is 15.3. The normalized spacial score (nSPS) is 27.5. The molecule has 22 heavy (non-hydrogen) atoms. The summed E-state index contributed by atoms with van der Waals surface area (Å²) in [6, 6.07) is 8.97. The van der Waals surface area contributed by atoms with E-state index in [9.17, 15) is 5.02 Å². The van der Waals surface area contributed by atoms with E-state index < -0.39 is 7.05 Å².